The molecule has 3 rings (SSSR count). The van der Waals surface area contributed by atoms with Crippen LogP contribution in [0.5, 0.6) is 0 Å². The van der Waals surface area contributed by atoms with Gasteiger partial charge in [-0.25, -0.2) is 9.78 Å². The zero-order valence-electron chi connectivity index (χ0n) is 11.3. The molecular weight excluding hydrogens is 306 g/mol. The van der Waals surface area contributed by atoms with Crippen LogP contribution in [0.1, 0.15) is 34.5 Å². The Morgan fingerprint density at radius 1 is 1.24 bits per heavy atom. The predicted octanol–water partition coefficient (Wildman–Crippen LogP) is 4.46. The molecule has 0 unspecified atom stereocenters. The Labute approximate surface area is 132 Å². The molecule has 0 saturated carbocycles. The van der Waals surface area contributed by atoms with E-state index in [0.29, 0.717) is 5.02 Å². The van der Waals surface area contributed by atoms with Crippen LogP contribution in [0.2, 0.25) is 5.02 Å². The topological polar surface area (TPSA) is 50.2 Å². The lowest BCUT2D eigenvalue weighted by atomic mass is 9.91. The number of carboxylic acid groups (broad SMARTS) is 1. The van der Waals surface area contributed by atoms with Gasteiger partial charge in [0.15, 0.2) is 5.69 Å². The molecule has 1 aromatic carbocycles. The molecule has 2 aromatic rings. The summed E-state index contributed by atoms with van der Waals surface area (Å²) in [7, 11) is 0. The highest BCUT2D eigenvalue weighted by Crippen LogP contribution is 2.36. The Morgan fingerprint density at radius 2 is 2.00 bits per heavy atom. The summed E-state index contributed by atoms with van der Waals surface area (Å²) in [4.78, 5) is 17.5. The second-order valence-electron chi connectivity index (χ2n) is 5.00. The van der Waals surface area contributed by atoms with E-state index in [2.05, 4.69) is 4.98 Å². The minimum absolute atomic E-state index is 0.208. The van der Waals surface area contributed by atoms with Crippen LogP contribution in [0.15, 0.2) is 40.3 Å². The number of fused-ring (bicyclic) bond motifs is 1. The van der Waals surface area contributed by atoms with E-state index in [1.54, 1.807) is 18.0 Å². The first-order valence-corrected chi connectivity index (χ1v) is 8.02. The fraction of sp³-hybridized carbons (Fsp3) is 0.250. The number of carboxylic acids is 1. The van der Waals surface area contributed by atoms with E-state index in [9.17, 15) is 9.90 Å². The van der Waals surface area contributed by atoms with Gasteiger partial charge in [-0.1, -0.05) is 29.4 Å². The molecule has 3 nitrogen and oxygen atoms in total. The smallest absolute Gasteiger partial charge is 0.354 e. The fourth-order valence-corrected chi connectivity index (χ4v) is 3.94. The first kappa shape index (κ1) is 14.4. The van der Waals surface area contributed by atoms with Crippen molar-refractivity contribution in [2.24, 2.45) is 0 Å². The lowest BCUT2D eigenvalue weighted by molar-refractivity contribution is 0.0688. The van der Waals surface area contributed by atoms with Gasteiger partial charge < -0.3 is 5.11 Å². The summed E-state index contributed by atoms with van der Waals surface area (Å²) in [6.45, 7) is 0. The molecule has 0 bridgehead atoms. The molecule has 108 valence electrons. The summed E-state index contributed by atoms with van der Waals surface area (Å²) in [6, 6.07) is 7.66. The van der Waals surface area contributed by atoms with Crippen molar-refractivity contribution in [2.75, 3.05) is 0 Å². The maximum absolute atomic E-state index is 11.3. The molecule has 1 N–H and O–H groups in total. The van der Waals surface area contributed by atoms with E-state index in [0.717, 1.165) is 46.6 Å². The molecule has 0 amide bonds. The number of pyridine rings is 1. The minimum Gasteiger partial charge on any atom is -0.477 e. The Morgan fingerprint density at radius 3 is 2.71 bits per heavy atom. The van der Waals surface area contributed by atoms with Crippen LogP contribution >= 0.6 is 23.4 Å². The number of nitrogens with zero attached hydrogens (tertiary/aromatic N) is 1. The molecule has 5 heteroatoms. The normalized spacial score (nSPS) is 13.8. The number of aromatic nitrogens is 1. The molecule has 0 saturated heterocycles. The van der Waals surface area contributed by atoms with Crippen LogP contribution in [0, 0.1) is 0 Å². The van der Waals surface area contributed by atoms with E-state index in [-0.39, 0.29) is 5.69 Å². The number of halogens is 1. The molecule has 0 atom stereocenters. The quantitative estimate of drug-likeness (QED) is 0.907. The third-order valence-electron chi connectivity index (χ3n) is 3.59. The standard InChI is InChI=1S/C16H14ClNO2S/c17-10-4-3-5-11(8-10)21-14-9-18-15(16(19)20)13-7-2-1-6-12(13)14/h3-5,8-9H,1-2,6-7H2,(H,19,20). The third-order valence-corrected chi connectivity index (χ3v) is 4.88. The molecule has 21 heavy (non-hydrogen) atoms. The van der Waals surface area contributed by atoms with Crippen LogP contribution in [0.3, 0.4) is 0 Å². The molecule has 0 spiro atoms. The highest BCUT2D eigenvalue weighted by molar-refractivity contribution is 7.99. The van der Waals surface area contributed by atoms with Crippen LogP contribution in [0.4, 0.5) is 0 Å². The van der Waals surface area contributed by atoms with Crippen molar-refractivity contribution < 1.29 is 9.90 Å². The lowest BCUT2D eigenvalue weighted by Gasteiger charge is -2.20. The maximum Gasteiger partial charge on any atom is 0.354 e. The van der Waals surface area contributed by atoms with Gasteiger partial charge in [-0.2, -0.15) is 0 Å². The van der Waals surface area contributed by atoms with E-state index in [1.807, 2.05) is 24.3 Å². The van der Waals surface area contributed by atoms with Crippen molar-refractivity contribution >= 4 is 29.3 Å². The highest BCUT2D eigenvalue weighted by Gasteiger charge is 2.22. The van der Waals surface area contributed by atoms with Crippen LogP contribution < -0.4 is 0 Å². The number of benzene rings is 1. The Bertz CT molecular complexity index is 703. The van der Waals surface area contributed by atoms with Gasteiger partial charge >= 0.3 is 5.97 Å². The summed E-state index contributed by atoms with van der Waals surface area (Å²) >= 11 is 7.61. The minimum atomic E-state index is -0.938. The van der Waals surface area contributed by atoms with Crippen LogP contribution in [-0.2, 0) is 12.8 Å². The maximum atomic E-state index is 11.3. The van der Waals surface area contributed by atoms with E-state index in [1.165, 1.54) is 0 Å². The Kier molecular flexibility index (Phi) is 4.17. The van der Waals surface area contributed by atoms with Crippen molar-refractivity contribution in [1.82, 2.24) is 4.98 Å². The first-order chi connectivity index (χ1) is 10.1. The van der Waals surface area contributed by atoms with Crippen LogP contribution in [-0.4, -0.2) is 16.1 Å². The number of rotatable bonds is 3. The monoisotopic (exact) mass is 319 g/mol. The van der Waals surface area contributed by atoms with Gasteiger partial charge in [-0.15, -0.1) is 0 Å². The van der Waals surface area contributed by atoms with Crippen molar-refractivity contribution in [1.29, 1.82) is 0 Å². The van der Waals surface area contributed by atoms with Crippen LogP contribution in [0.25, 0.3) is 0 Å². The van der Waals surface area contributed by atoms with Crippen molar-refractivity contribution in [2.45, 2.75) is 35.5 Å². The number of hydrogen-bond donors (Lipinski definition) is 1. The Hall–Kier alpha value is -1.52. The van der Waals surface area contributed by atoms with Gasteiger partial charge in [0.05, 0.1) is 0 Å². The third kappa shape index (κ3) is 3.06. The SMILES string of the molecule is O=C(O)c1ncc(Sc2cccc(Cl)c2)c2c1CCCC2. The molecular formula is C16H14ClNO2S. The Balaban J connectivity index is 2.01. The van der Waals surface area contributed by atoms with Gasteiger partial charge in [0, 0.05) is 21.0 Å². The summed E-state index contributed by atoms with van der Waals surface area (Å²) < 4.78 is 0. The number of hydrogen-bond acceptors (Lipinski definition) is 3. The molecule has 0 aliphatic heterocycles. The van der Waals surface area contributed by atoms with Crippen molar-refractivity contribution in [3.05, 3.63) is 52.3 Å². The molecule has 1 heterocycles. The highest BCUT2D eigenvalue weighted by atomic mass is 35.5. The summed E-state index contributed by atoms with van der Waals surface area (Å²) in [5.41, 5.74) is 2.25. The fourth-order valence-electron chi connectivity index (χ4n) is 2.65. The van der Waals surface area contributed by atoms with E-state index >= 15 is 0 Å². The van der Waals surface area contributed by atoms with Gasteiger partial charge in [-0.3, -0.25) is 0 Å². The van der Waals surface area contributed by atoms with Gasteiger partial charge in [0.1, 0.15) is 0 Å². The molecule has 1 aliphatic carbocycles. The summed E-state index contributed by atoms with van der Waals surface area (Å²) in [5, 5.41) is 9.97. The molecule has 0 fully saturated rings. The predicted molar refractivity (Wildman–Crippen MR) is 83.4 cm³/mol. The number of aromatic carboxylic acids is 1. The zero-order chi connectivity index (χ0) is 14.8. The average molecular weight is 320 g/mol. The second-order valence-corrected chi connectivity index (χ2v) is 6.55. The van der Waals surface area contributed by atoms with Gasteiger partial charge in [0.25, 0.3) is 0 Å². The largest absolute Gasteiger partial charge is 0.477 e. The zero-order valence-corrected chi connectivity index (χ0v) is 12.9. The van der Waals surface area contributed by atoms with Crippen molar-refractivity contribution in [3.8, 4) is 0 Å². The molecule has 0 radical (unpaired) electrons. The van der Waals surface area contributed by atoms with Gasteiger partial charge in [-0.05, 0) is 55.0 Å². The second kappa shape index (κ2) is 6.08. The first-order valence-electron chi connectivity index (χ1n) is 6.82. The number of carbonyl (C=O) groups is 1. The lowest BCUT2D eigenvalue weighted by Crippen LogP contribution is -2.13. The average Bonchev–Trinajstić information content (AvgIpc) is 2.47. The molecule has 1 aliphatic rings. The summed E-state index contributed by atoms with van der Waals surface area (Å²) in [6.07, 6.45) is 5.52. The van der Waals surface area contributed by atoms with E-state index < -0.39 is 5.97 Å². The van der Waals surface area contributed by atoms with Crippen molar-refractivity contribution in [3.63, 3.8) is 0 Å². The van der Waals surface area contributed by atoms with E-state index in [4.69, 9.17) is 11.6 Å². The molecule has 1 aromatic heterocycles. The summed E-state index contributed by atoms with van der Waals surface area (Å²) in [5.74, 6) is -0.938. The van der Waals surface area contributed by atoms with Gasteiger partial charge in [0.2, 0.25) is 0 Å².